The van der Waals surface area contributed by atoms with E-state index < -0.39 is 4.92 Å². The van der Waals surface area contributed by atoms with E-state index in [0.29, 0.717) is 10.0 Å². The topological polar surface area (TPSA) is 60.2 Å². The Morgan fingerprint density at radius 1 is 1.53 bits per heavy atom. The molecule has 0 N–H and O–H groups in total. The van der Waals surface area contributed by atoms with Gasteiger partial charge in [0.2, 0.25) is 0 Å². The van der Waals surface area contributed by atoms with Crippen LogP contribution in [0.2, 0.25) is 0 Å². The molecule has 0 aliphatic carbocycles. The monoisotopic (exact) mass is 335 g/mol. The quantitative estimate of drug-likeness (QED) is 0.368. The highest BCUT2D eigenvalue weighted by Crippen LogP contribution is 2.28. The van der Waals surface area contributed by atoms with Gasteiger partial charge >= 0.3 is 0 Å². The van der Waals surface area contributed by atoms with Gasteiger partial charge in [0.25, 0.3) is 5.69 Å². The molecule has 0 radical (unpaired) electrons. The van der Waals surface area contributed by atoms with Gasteiger partial charge in [-0.05, 0) is 18.6 Å². The fraction of sp³-hybridized carbons (Fsp3) is 0.222. The third-order valence-electron chi connectivity index (χ3n) is 1.97. The number of halogens is 2. The zero-order chi connectivity index (χ0) is 11.6. The van der Waals surface area contributed by atoms with Crippen LogP contribution < -0.4 is 0 Å². The molecule has 1 aromatic carbocycles. The summed E-state index contributed by atoms with van der Waals surface area (Å²) in [4.78, 5) is 21.7. The zero-order valence-corrected chi connectivity index (χ0v) is 11.0. The van der Waals surface area contributed by atoms with Crippen LogP contribution in [0, 0.1) is 17.0 Å². The van der Waals surface area contributed by atoms with Gasteiger partial charge in [-0.2, -0.15) is 0 Å². The summed E-state index contributed by atoms with van der Waals surface area (Å²) >= 11 is 6.24. The number of ketones is 1. The second kappa shape index (κ2) is 4.85. The molecule has 0 saturated carbocycles. The van der Waals surface area contributed by atoms with Crippen molar-refractivity contribution in [2.24, 2.45) is 0 Å². The summed E-state index contributed by atoms with van der Waals surface area (Å²) in [5.74, 6) is -0.291. The van der Waals surface area contributed by atoms with Crippen molar-refractivity contribution in [3.05, 3.63) is 37.8 Å². The summed E-state index contributed by atoms with van der Waals surface area (Å²) in [6.07, 6.45) is 0. The molecule has 4 nitrogen and oxygen atoms in total. The summed E-state index contributed by atoms with van der Waals surface area (Å²) in [6.45, 7) is 1.67. The highest BCUT2D eigenvalue weighted by molar-refractivity contribution is 9.10. The van der Waals surface area contributed by atoms with Gasteiger partial charge in [0, 0.05) is 10.5 Å². The van der Waals surface area contributed by atoms with Crippen LogP contribution in [-0.2, 0) is 0 Å². The average molecular weight is 337 g/mol. The molecule has 0 aliphatic rings. The highest BCUT2D eigenvalue weighted by Gasteiger charge is 2.22. The minimum absolute atomic E-state index is 0.0745. The fourth-order valence-electron chi connectivity index (χ4n) is 1.24. The maximum atomic E-state index is 11.5. The molecule has 0 unspecified atom stereocenters. The van der Waals surface area contributed by atoms with Gasteiger partial charge in [0.1, 0.15) is 5.56 Å². The van der Waals surface area contributed by atoms with Gasteiger partial charge in [-0.25, -0.2) is 0 Å². The summed E-state index contributed by atoms with van der Waals surface area (Å²) < 4.78 is 0.692. The van der Waals surface area contributed by atoms with Crippen LogP contribution in [0.4, 0.5) is 5.69 Å². The molecule has 1 rings (SSSR count). The van der Waals surface area contributed by atoms with Gasteiger partial charge in [0.15, 0.2) is 5.78 Å². The molecule has 0 spiro atoms. The predicted molar refractivity (Wildman–Crippen MR) is 63.7 cm³/mol. The highest BCUT2D eigenvalue weighted by atomic mass is 79.9. The first-order chi connectivity index (χ1) is 6.99. The van der Waals surface area contributed by atoms with Crippen molar-refractivity contribution in [1.82, 2.24) is 0 Å². The van der Waals surface area contributed by atoms with Crippen molar-refractivity contribution >= 4 is 43.3 Å². The Morgan fingerprint density at radius 3 is 2.60 bits per heavy atom. The number of nitro groups is 1. The number of benzene rings is 1. The number of carbonyl (C=O) groups is 1. The molecular formula is C9H7Br2NO3. The average Bonchev–Trinajstić information content (AvgIpc) is 2.20. The largest absolute Gasteiger partial charge is 0.293 e. The van der Waals surface area contributed by atoms with Crippen molar-refractivity contribution in [2.75, 3.05) is 5.33 Å². The van der Waals surface area contributed by atoms with E-state index in [9.17, 15) is 14.9 Å². The van der Waals surface area contributed by atoms with Crippen molar-refractivity contribution < 1.29 is 9.72 Å². The van der Waals surface area contributed by atoms with Crippen LogP contribution in [0.25, 0.3) is 0 Å². The van der Waals surface area contributed by atoms with Crippen LogP contribution in [0.5, 0.6) is 0 Å². The molecule has 80 valence electrons. The lowest BCUT2D eigenvalue weighted by Gasteiger charge is -2.05. The van der Waals surface area contributed by atoms with E-state index in [-0.39, 0.29) is 22.4 Å². The first-order valence-corrected chi connectivity index (χ1v) is 5.93. The maximum absolute atomic E-state index is 11.5. The number of nitrogens with zero attached hydrogens (tertiary/aromatic N) is 1. The van der Waals surface area contributed by atoms with Crippen molar-refractivity contribution in [2.45, 2.75) is 6.92 Å². The number of alkyl halides is 1. The number of rotatable bonds is 3. The van der Waals surface area contributed by atoms with Crippen molar-refractivity contribution in [3.63, 3.8) is 0 Å². The van der Waals surface area contributed by atoms with Crippen LogP contribution in [0.3, 0.4) is 0 Å². The number of hydrogen-bond acceptors (Lipinski definition) is 3. The molecule has 0 atom stereocenters. The Labute approximate surface area is 103 Å². The van der Waals surface area contributed by atoms with Gasteiger partial charge in [-0.15, -0.1) is 0 Å². The smallest absolute Gasteiger partial charge is 0.280 e. The molecule has 0 fully saturated rings. The Hall–Kier alpha value is -0.750. The molecular weight excluding hydrogens is 330 g/mol. The van der Waals surface area contributed by atoms with E-state index in [1.165, 1.54) is 6.07 Å². The number of hydrogen-bond donors (Lipinski definition) is 0. The first kappa shape index (κ1) is 12.3. The van der Waals surface area contributed by atoms with Crippen LogP contribution in [-0.4, -0.2) is 16.0 Å². The van der Waals surface area contributed by atoms with Crippen LogP contribution in [0.15, 0.2) is 16.6 Å². The van der Waals surface area contributed by atoms with Gasteiger partial charge in [0.05, 0.1) is 10.3 Å². The molecule has 0 aromatic heterocycles. The van der Waals surface area contributed by atoms with E-state index in [0.717, 1.165) is 0 Å². The molecule has 1 aromatic rings. The third-order valence-corrected chi connectivity index (χ3v) is 3.34. The SMILES string of the molecule is Cc1c(Br)ccc([N+](=O)[O-])c1C(=O)CBr. The Morgan fingerprint density at radius 2 is 2.13 bits per heavy atom. The van der Waals surface area contributed by atoms with Crippen molar-refractivity contribution in [1.29, 1.82) is 0 Å². The first-order valence-electron chi connectivity index (χ1n) is 4.01. The second-order valence-corrected chi connectivity index (χ2v) is 4.30. The summed E-state index contributed by atoms with van der Waals surface area (Å²) in [5, 5.41) is 10.8. The molecule has 0 amide bonds. The predicted octanol–water partition coefficient (Wildman–Crippen LogP) is 3.24. The lowest BCUT2D eigenvalue weighted by atomic mass is 10.0. The maximum Gasteiger partial charge on any atom is 0.280 e. The van der Waals surface area contributed by atoms with E-state index in [1.54, 1.807) is 13.0 Å². The van der Waals surface area contributed by atoms with E-state index in [2.05, 4.69) is 31.9 Å². The van der Waals surface area contributed by atoms with Crippen LogP contribution in [0.1, 0.15) is 15.9 Å². The lowest BCUT2D eigenvalue weighted by Crippen LogP contribution is -2.07. The summed E-state index contributed by atoms with van der Waals surface area (Å²) in [7, 11) is 0. The van der Waals surface area contributed by atoms with Gasteiger partial charge in [-0.1, -0.05) is 31.9 Å². The molecule has 0 heterocycles. The minimum Gasteiger partial charge on any atom is -0.293 e. The minimum atomic E-state index is -0.546. The normalized spacial score (nSPS) is 10.1. The lowest BCUT2D eigenvalue weighted by molar-refractivity contribution is -0.385. The Kier molecular flexibility index (Phi) is 3.98. The second-order valence-electron chi connectivity index (χ2n) is 2.88. The van der Waals surface area contributed by atoms with E-state index in [4.69, 9.17) is 0 Å². The molecule has 15 heavy (non-hydrogen) atoms. The van der Waals surface area contributed by atoms with Crippen LogP contribution >= 0.6 is 31.9 Å². The summed E-state index contributed by atoms with van der Waals surface area (Å²) in [5.41, 5.74) is 0.597. The molecule has 0 bridgehead atoms. The molecule has 0 aliphatic heterocycles. The van der Waals surface area contributed by atoms with Crippen molar-refractivity contribution in [3.8, 4) is 0 Å². The van der Waals surface area contributed by atoms with E-state index in [1.807, 2.05) is 0 Å². The van der Waals surface area contributed by atoms with E-state index >= 15 is 0 Å². The van der Waals surface area contributed by atoms with Gasteiger partial charge < -0.3 is 0 Å². The fourth-order valence-corrected chi connectivity index (χ4v) is 1.85. The van der Waals surface area contributed by atoms with Gasteiger partial charge in [-0.3, -0.25) is 14.9 Å². The molecule has 6 heteroatoms. The summed E-state index contributed by atoms with van der Waals surface area (Å²) in [6, 6.07) is 2.89. The number of nitro benzene ring substituents is 1. The Bertz CT molecular complexity index is 432. The number of Topliss-reactive ketones (excluding diaryl/α,β-unsaturated/α-hetero) is 1. The number of carbonyl (C=O) groups excluding carboxylic acids is 1. The third kappa shape index (κ3) is 2.43. The zero-order valence-electron chi connectivity index (χ0n) is 7.79. The molecule has 0 saturated heterocycles. The standard InChI is InChI=1S/C9H7Br2NO3/c1-5-6(11)2-3-7(12(14)15)9(5)8(13)4-10/h2-3H,4H2,1H3. The Balaban J connectivity index is 3.48.